The maximum atomic E-state index is 12.4. The number of sulfonamides is 1. The molecular weight excluding hydrogens is 288 g/mol. The van der Waals surface area contributed by atoms with Gasteiger partial charge in [-0.15, -0.1) is 0 Å². The molecule has 0 bridgehead atoms. The van der Waals surface area contributed by atoms with Gasteiger partial charge in [0.15, 0.2) is 0 Å². The van der Waals surface area contributed by atoms with Crippen LogP contribution in [0, 0.1) is 11.8 Å². The summed E-state index contributed by atoms with van der Waals surface area (Å²) >= 11 is 0. The molecule has 2 rings (SSSR count). The summed E-state index contributed by atoms with van der Waals surface area (Å²) in [6.45, 7) is 2.76. The Labute approximate surface area is 125 Å². The molecule has 114 valence electrons. The summed E-state index contributed by atoms with van der Waals surface area (Å²) in [5.74, 6) is 5.54. The summed E-state index contributed by atoms with van der Waals surface area (Å²) in [6.07, 6.45) is 1.80. The third-order valence-electron chi connectivity index (χ3n) is 3.34. The predicted octanol–water partition coefficient (Wildman–Crippen LogP) is 0.843. The topological polar surface area (TPSA) is 81.4 Å². The van der Waals surface area contributed by atoms with Gasteiger partial charge in [0.2, 0.25) is 10.0 Å². The summed E-state index contributed by atoms with van der Waals surface area (Å²) in [7, 11) is -3.57. The number of benzene rings is 1. The van der Waals surface area contributed by atoms with Crippen LogP contribution in [0.5, 0.6) is 0 Å². The van der Waals surface area contributed by atoms with E-state index < -0.39 is 10.0 Å². The fourth-order valence-corrected chi connectivity index (χ4v) is 3.60. The van der Waals surface area contributed by atoms with Crippen molar-refractivity contribution in [1.29, 1.82) is 0 Å². The smallest absolute Gasteiger partial charge is 0.240 e. The maximum Gasteiger partial charge on any atom is 0.240 e. The van der Waals surface area contributed by atoms with Gasteiger partial charge in [-0.05, 0) is 38.0 Å². The summed E-state index contributed by atoms with van der Waals surface area (Å²) in [4.78, 5) is 0.205. The van der Waals surface area contributed by atoms with Gasteiger partial charge in [0.05, 0.1) is 17.5 Å². The second-order valence-corrected chi connectivity index (χ2v) is 6.71. The molecule has 0 aliphatic carbocycles. The van der Waals surface area contributed by atoms with E-state index in [4.69, 9.17) is 10.5 Å². The monoisotopic (exact) mass is 308 g/mol. The second-order valence-electron chi connectivity index (χ2n) is 5.00. The molecule has 1 saturated heterocycles. The van der Waals surface area contributed by atoms with Crippen molar-refractivity contribution in [2.45, 2.75) is 36.8 Å². The lowest BCUT2D eigenvalue weighted by atomic mass is 10.1. The van der Waals surface area contributed by atoms with E-state index in [1.807, 2.05) is 6.92 Å². The number of rotatable bonds is 4. The lowest BCUT2D eigenvalue weighted by Crippen LogP contribution is -2.40. The molecule has 3 N–H and O–H groups in total. The molecule has 0 saturated carbocycles. The summed E-state index contributed by atoms with van der Waals surface area (Å²) in [5.41, 5.74) is 5.95. The van der Waals surface area contributed by atoms with E-state index in [0.717, 1.165) is 12.8 Å². The average Bonchev–Trinajstić information content (AvgIpc) is 2.99. The van der Waals surface area contributed by atoms with Crippen molar-refractivity contribution in [2.75, 3.05) is 13.2 Å². The Morgan fingerprint density at radius 3 is 3.00 bits per heavy atom. The van der Waals surface area contributed by atoms with Gasteiger partial charge in [-0.2, -0.15) is 0 Å². The van der Waals surface area contributed by atoms with Crippen LogP contribution in [0.1, 0.15) is 25.3 Å². The second kappa shape index (κ2) is 7.05. The van der Waals surface area contributed by atoms with E-state index >= 15 is 0 Å². The zero-order valence-corrected chi connectivity index (χ0v) is 12.8. The highest BCUT2D eigenvalue weighted by Gasteiger charge is 2.26. The molecule has 0 spiro atoms. The van der Waals surface area contributed by atoms with E-state index in [0.29, 0.717) is 12.2 Å². The zero-order chi connectivity index (χ0) is 15.3. The number of ether oxygens (including phenoxy) is 1. The Bertz CT molecular complexity index is 640. The van der Waals surface area contributed by atoms with E-state index in [9.17, 15) is 8.42 Å². The number of nitrogens with two attached hydrogens (primary N) is 1. The van der Waals surface area contributed by atoms with Crippen LogP contribution in [0.3, 0.4) is 0 Å². The molecule has 6 heteroatoms. The quantitative estimate of drug-likeness (QED) is 0.808. The normalized spacial score (nSPS) is 19.8. The first-order chi connectivity index (χ1) is 10.0. The first-order valence-electron chi connectivity index (χ1n) is 6.96. The van der Waals surface area contributed by atoms with Crippen molar-refractivity contribution in [3.8, 4) is 11.8 Å². The van der Waals surface area contributed by atoms with Crippen molar-refractivity contribution in [2.24, 2.45) is 5.73 Å². The molecule has 5 nitrogen and oxygen atoms in total. The highest BCUT2D eigenvalue weighted by Crippen LogP contribution is 2.18. The molecule has 1 heterocycles. The lowest BCUT2D eigenvalue weighted by molar-refractivity contribution is 0.0902. The fraction of sp³-hybridized carbons (Fsp3) is 0.467. The van der Waals surface area contributed by atoms with Crippen LogP contribution in [0.25, 0.3) is 0 Å². The molecule has 0 amide bonds. The minimum absolute atomic E-state index is 0.0556. The van der Waals surface area contributed by atoms with Crippen LogP contribution < -0.4 is 10.5 Å². The molecule has 1 fully saturated rings. The van der Waals surface area contributed by atoms with Crippen LogP contribution in [0.4, 0.5) is 0 Å². The first-order valence-corrected chi connectivity index (χ1v) is 8.44. The Hall–Kier alpha value is -1.39. The average molecular weight is 308 g/mol. The molecule has 0 aromatic heterocycles. The highest BCUT2D eigenvalue weighted by atomic mass is 32.2. The first kappa shape index (κ1) is 16.0. The molecule has 1 aromatic rings. The molecule has 2 unspecified atom stereocenters. The fourth-order valence-electron chi connectivity index (χ4n) is 2.28. The zero-order valence-electron chi connectivity index (χ0n) is 12.0. The van der Waals surface area contributed by atoms with Gasteiger partial charge >= 0.3 is 0 Å². The van der Waals surface area contributed by atoms with Gasteiger partial charge in [-0.1, -0.05) is 17.9 Å². The highest BCUT2D eigenvalue weighted by molar-refractivity contribution is 7.89. The van der Waals surface area contributed by atoms with E-state index in [-0.39, 0.29) is 23.6 Å². The van der Waals surface area contributed by atoms with Crippen LogP contribution in [-0.2, 0) is 14.8 Å². The molecule has 1 aromatic carbocycles. The van der Waals surface area contributed by atoms with Crippen LogP contribution in [-0.4, -0.2) is 33.7 Å². The molecular formula is C15H20N2O3S. The Balaban J connectivity index is 2.15. The van der Waals surface area contributed by atoms with Gasteiger partial charge in [0, 0.05) is 18.2 Å². The summed E-state index contributed by atoms with van der Waals surface area (Å²) < 4.78 is 33.0. The largest absolute Gasteiger partial charge is 0.377 e. The minimum atomic E-state index is -3.57. The molecule has 2 atom stereocenters. The van der Waals surface area contributed by atoms with Crippen molar-refractivity contribution in [3.63, 3.8) is 0 Å². The van der Waals surface area contributed by atoms with Crippen molar-refractivity contribution in [3.05, 3.63) is 29.8 Å². The van der Waals surface area contributed by atoms with Gasteiger partial charge in [0.1, 0.15) is 0 Å². The number of hydrogen-bond donors (Lipinski definition) is 2. The molecule has 1 aliphatic rings. The van der Waals surface area contributed by atoms with E-state index in [1.54, 1.807) is 24.3 Å². The lowest BCUT2D eigenvalue weighted by Gasteiger charge is -2.20. The standard InChI is InChI=1S/C15H20N2O3S/c1-12(15-8-4-10-20-15)17-21(18,19)14-7-2-5-13(11-14)6-3-9-16/h2,5,7,11-12,15,17H,4,8-10,16H2,1H3. The molecule has 21 heavy (non-hydrogen) atoms. The van der Waals surface area contributed by atoms with Crippen LogP contribution >= 0.6 is 0 Å². The SMILES string of the molecule is CC(NS(=O)(=O)c1cccc(C#CCN)c1)C1CCCO1. The number of nitrogens with one attached hydrogen (secondary N) is 1. The van der Waals surface area contributed by atoms with Crippen LogP contribution in [0.15, 0.2) is 29.2 Å². The Kier molecular flexibility index (Phi) is 5.37. The Morgan fingerprint density at radius 2 is 2.33 bits per heavy atom. The van der Waals surface area contributed by atoms with Crippen LogP contribution in [0.2, 0.25) is 0 Å². The summed E-state index contributed by atoms with van der Waals surface area (Å²) in [5, 5.41) is 0. The third kappa shape index (κ3) is 4.29. The number of hydrogen-bond acceptors (Lipinski definition) is 4. The van der Waals surface area contributed by atoms with Crippen molar-refractivity contribution >= 4 is 10.0 Å². The van der Waals surface area contributed by atoms with Gasteiger partial charge in [-0.3, -0.25) is 0 Å². The maximum absolute atomic E-state index is 12.4. The predicted molar refractivity (Wildman–Crippen MR) is 81.1 cm³/mol. The van der Waals surface area contributed by atoms with Gasteiger partial charge in [-0.25, -0.2) is 13.1 Å². The minimum Gasteiger partial charge on any atom is -0.377 e. The molecule has 0 radical (unpaired) electrons. The van der Waals surface area contributed by atoms with E-state index in [1.165, 1.54) is 0 Å². The third-order valence-corrected chi connectivity index (χ3v) is 4.90. The molecule has 1 aliphatic heterocycles. The summed E-state index contributed by atoms with van der Waals surface area (Å²) in [6, 6.07) is 6.28. The van der Waals surface area contributed by atoms with Gasteiger partial charge in [0.25, 0.3) is 0 Å². The van der Waals surface area contributed by atoms with Gasteiger partial charge < -0.3 is 10.5 Å². The van der Waals surface area contributed by atoms with Crippen molar-refractivity contribution < 1.29 is 13.2 Å². The van der Waals surface area contributed by atoms with E-state index in [2.05, 4.69) is 16.6 Å². The van der Waals surface area contributed by atoms with Crippen molar-refractivity contribution in [1.82, 2.24) is 4.72 Å². The Morgan fingerprint density at radius 1 is 1.52 bits per heavy atom.